The van der Waals surface area contributed by atoms with Gasteiger partial charge in [0, 0.05) is 31.1 Å². The molecule has 0 saturated heterocycles. The summed E-state index contributed by atoms with van der Waals surface area (Å²) >= 11 is 0. The fourth-order valence-corrected chi connectivity index (χ4v) is 3.74. The Morgan fingerprint density at radius 2 is 2.00 bits per heavy atom. The number of methoxy groups -OCH3 is 1. The Hall–Kier alpha value is -2.80. The molecule has 1 aliphatic carbocycles. The summed E-state index contributed by atoms with van der Waals surface area (Å²) in [5.74, 6) is -0.223. The molecule has 0 spiro atoms. The van der Waals surface area contributed by atoms with Gasteiger partial charge in [-0.25, -0.2) is 4.79 Å². The maximum Gasteiger partial charge on any atom is 0.340 e. The number of para-hydroxylation sites is 1. The Balaban J connectivity index is 2.05. The van der Waals surface area contributed by atoms with Crippen LogP contribution < -0.4 is 10.5 Å². The highest BCUT2D eigenvalue weighted by Gasteiger charge is 2.42. The molecule has 0 saturated carbocycles. The highest BCUT2D eigenvalue weighted by Crippen LogP contribution is 2.46. The summed E-state index contributed by atoms with van der Waals surface area (Å²) in [7, 11) is 1.52. The van der Waals surface area contributed by atoms with E-state index in [1.54, 1.807) is 0 Å². The number of ether oxygens (including phenoxy) is 4. The third kappa shape index (κ3) is 4.67. The Morgan fingerprint density at radius 1 is 1.20 bits per heavy atom. The predicted octanol–water partition coefficient (Wildman–Crippen LogP) is 3.35. The van der Waals surface area contributed by atoms with Crippen molar-refractivity contribution in [3.8, 4) is 5.75 Å². The lowest BCUT2D eigenvalue weighted by molar-refractivity contribution is -0.140. The number of ketones is 1. The van der Waals surface area contributed by atoms with Crippen molar-refractivity contribution >= 4 is 11.8 Å². The zero-order valence-corrected chi connectivity index (χ0v) is 17.6. The first-order chi connectivity index (χ1) is 14.6. The summed E-state index contributed by atoms with van der Waals surface area (Å²) in [4.78, 5) is 25.9. The number of Topliss-reactive ketones (excluding diaryl/α,β-unsaturated/α-hetero) is 1. The van der Waals surface area contributed by atoms with Gasteiger partial charge in [0.15, 0.2) is 5.78 Å². The van der Waals surface area contributed by atoms with Crippen molar-refractivity contribution in [2.24, 2.45) is 5.73 Å². The SMILES string of the molecule is CCCCOc1ccccc1C1C(C(=O)OCCOC)=C(N)OC2=C1C(=O)CCC2. The van der Waals surface area contributed by atoms with E-state index in [9.17, 15) is 9.59 Å². The normalized spacial score (nSPS) is 18.7. The van der Waals surface area contributed by atoms with Gasteiger partial charge in [-0.2, -0.15) is 0 Å². The topological polar surface area (TPSA) is 97.1 Å². The van der Waals surface area contributed by atoms with E-state index in [0.29, 0.717) is 48.5 Å². The third-order valence-corrected chi connectivity index (χ3v) is 5.21. The van der Waals surface area contributed by atoms with Crippen LogP contribution in [0, 0.1) is 0 Å². The van der Waals surface area contributed by atoms with E-state index in [1.165, 1.54) is 7.11 Å². The number of unbranched alkanes of at least 4 members (excludes halogenated alkanes) is 1. The Kier molecular flexibility index (Phi) is 7.52. The second kappa shape index (κ2) is 10.3. The minimum Gasteiger partial charge on any atom is -0.493 e. The van der Waals surface area contributed by atoms with Crippen LogP contribution in [-0.2, 0) is 23.8 Å². The van der Waals surface area contributed by atoms with Gasteiger partial charge >= 0.3 is 5.97 Å². The summed E-state index contributed by atoms with van der Waals surface area (Å²) in [6.07, 6.45) is 3.60. The molecule has 1 aliphatic heterocycles. The fourth-order valence-electron chi connectivity index (χ4n) is 3.74. The van der Waals surface area contributed by atoms with Gasteiger partial charge in [0.2, 0.25) is 5.88 Å². The van der Waals surface area contributed by atoms with Crippen LogP contribution in [0.25, 0.3) is 0 Å². The summed E-state index contributed by atoms with van der Waals surface area (Å²) in [6, 6.07) is 7.43. The van der Waals surface area contributed by atoms with Gasteiger partial charge in [0.25, 0.3) is 0 Å². The molecule has 1 aromatic rings. The van der Waals surface area contributed by atoms with E-state index >= 15 is 0 Å². The van der Waals surface area contributed by atoms with Crippen molar-refractivity contribution in [1.82, 2.24) is 0 Å². The Labute approximate surface area is 176 Å². The molecule has 0 fully saturated rings. The van der Waals surface area contributed by atoms with Crippen LogP contribution >= 0.6 is 0 Å². The average Bonchev–Trinajstić information content (AvgIpc) is 2.73. The van der Waals surface area contributed by atoms with Crippen LogP contribution in [-0.4, -0.2) is 38.7 Å². The van der Waals surface area contributed by atoms with Crippen LogP contribution in [0.5, 0.6) is 5.75 Å². The first-order valence-electron chi connectivity index (χ1n) is 10.4. The van der Waals surface area contributed by atoms with Crippen molar-refractivity contribution in [2.45, 2.75) is 44.9 Å². The summed E-state index contributed by atoms with van der Waals surface area (Å²) in [6.45, 7) is 2.97. The van der Waals surface area contributed by atoms with Crippen LogP contribution in [0.15, 0.2) is 47.1 Å². The predicted molar refractivity (Wildman–Crippen MR) is 111 cm³/mol. The maximum atomic E-state index is 12.9. The second-order valence-electron chi connectivity index (χ2n) is 7.30. The summed E-state index contributed by atoms with van der Waals surface area (Å²) in [5.41, 5.74) is 7.49. The van der Waals surface area contributed by atoms with Crippen molar-refractivity contribution in [3.63, 3.8) is 0 Å². The molecule has 1 heterocycles. The van der Waals surface area contributed by atoms with Gasteiger partial charge in [0.1, 0.15) is 23.7 Å². The van der Waals surface area contributed by atoms with E-state index in [0.717, 1.165) is 12.8 Å². The minimum absolute atomic E-state index is 0.0285. The molecule has 1 atom stereocenters. The quantitative estimate of drug-likeness (QED) is 0.488. The first-order valence-corrected chi connectivity index (χ1v) is 10.4. The minimum atomic E-state index is -0.686. The number of hydrogen-bond donors (Lipinski definition) is 1. The first kappa shape index (κ1) is 21.9. The van der Waals surface area contributed by atoms with E-state index in [2.05, 4.69) is 6.92 Å². The van der Waals surface area contributed by atoms with Gasteiger partial charge < -0.3 is 24.7 Å². The molecule has 2 N–H and O–H groups in total. The number of allylic oxidation sites excluding steroid dienone is 2. The summed E-state index contributed by atoms with van der Waals surface area (Å²) < 4.78 is 22.0. The van der Waals surface area contributed by atoms with Crippen LogP contribution in [0.1, 0.15) is 50.5 Å². The monoisotopic (exact) mass is 415 g/mol. The number of esters is 1. The maximum absolute atomic E-state index is 12.9. The van der Waals surface area contributed by atoms with Crippen LogP contribution in [0.3, 0.4) is 0 Å². The van der Waals surface area contributed by atoms with Gasteiger partial charge in [-0.1, -0.05) is 31.5 Å². The number of nitrogens with two attached hydrogens (primary N) is 1. The molecule has 3 rings (SSSR count). The number of benzene rings is 1. The lowest BCUT2D eigenvalue weighted by Crippen LogP contribution is -2.32. The zero-order chi connectivity index (χ0) is 21.5. The number of rotatable bonds is 9. The van der Waals surface area contributed by atoms with Crippen molar-refractivity contribution < 1.29 is 28.5 Å². The smallest absolute Gasteiger partial charge is 0.340 e. The van der Waals surface area contributed by atoms with Crippen molar-refractivity contribution in [1.29, 1.82) is 0 Å². The molecule has 1 aromatic carbocycles. The molecule has 2 aliphatic rings. The molecule has 0 amide bonds. The molecule has 7 heteroatoms. The Morgan fingerprint density at radius 3 is 2.77 bits per heavy atom. The fraction of sp³-hybridized carbons (Fsp3) is 0.478. The molecule has 7 nitrogen and oxygen atoms in total. The summed E-state index contributed by atoms with van der Waals surface area (Å²) in [5, 5.41) is 0. The highest BCUT2D eigenvalue weighted by molar-refractivity contribution is 6.03. The van der Waals surface area contributed by atoms with Gasteiger partial charge in [0.05, 0.1) is 19.1 Å². The van der Waals surface area contributed by atoms with Crippen molar-refractivity contribution in [3.05, 3.63) is 52.6 Å². The highest BCUT2D eigenvalue weighted by atomic mass is 16.6. The lowest BCUT2D eigenvalue weighted by atomic mass is 9.77. The zero-order valence-electron chi connectivity index (χ0n) is 17.6. The average molecular weight is 415 g/mol. The van der Waals surface area contributed by atoms with Crippen LogP contribution in [0.4, 0.5) is 0 Å². The third-order valence-electron chi connectivity index (χ3n) is 5.21. The van der Waals surface area contributed by atoms with E-state index in [1.807, 2.05) is 24.3 Å². The molecule has 0 bridgehead atoms. The molecular formula is C23H29NO6. The molecule has 0 aromatic heterocycles. The molecule has 1 unspecified atom stereocenters. The van der Waals surface area contributed by atoms with Gasteiger partial charge in [-0.15, -0.1) is 0 Å². The van der Waals surface area contributed by atoms with E-state index in [-0.39, 0.29) is 30.5 Å². The van der Waals surface area contributed by atoms with Crippen molar-refractivity contribution in [2.75, 3.05) is 26.9 Å². The number of carbonyl (C=O) groups excluding carboxylic acids is 2. The molecule has 30 heavy (non-hydrogen) atoms. The van der Waals surface area contributed by atoms with Gasteiger partial charge in [-0.05, 0) is 18.9 Å². The van der Waals surface area contributed by atoms with Gasteiger partial charge in [-0.3, -0.25) is 4.79 Å². The Bertz CT molecular complexity index is 857. The molecule has 0 radical (unpaired) electrons. The van der Waals surface area contributed by atoms with E-state index in [4.69, 9.17) is 24.7 Å². The molecule has 162 valence electrons. The second-order valence-corrected chi connectivity index (χ2v) is 7.30. The number of carbonyl (C=O) groups is 2. The largest absolute Gasteiger partial charge is 0.493 e. The van der Waals surface area contributed by atoms with E-state index < -0.39 is 11.9 Å². The molecular weight excluding hydrogens is 386 g/mol. The van der Waals surface area contributed by atoms with Crippen LogP contribution in [0.2, 0.25) is 0 Å². The number of hydrogen-bond acceptors (Lipinski definition) is 7. The standard InChI is InChI=1S/C23H29NO6/c1-3-4-12-28-17-10-6-5-8-15(17)19-20-16(25)9-7-11-18(20)30-22(24)21(19)23(26)29-14-13-27-2/h5-6,8,10,19H,3-4,7,9,11-14,24H2,1-2H3. The lowest BCUT2D eigenvalue weighted by Gasteiger charge is -2.33.